The average molecular weight is 300 g/mol. The van der Waals surface area contributed by atoms with Crippen molar-refractivity contribution in [2.24, 2.45) is 0 Å². The van der Waals surface area contributed by atoms with Crippen LogP contribution in [0.15, 0.2) is 23.6 Å². The molecule has 1 N–H and O–H groups in total. The van der Waals surface area contributed by atoms with Crippen LogP contribution >= 0.6 is 11.3 Å². The van der Waals surface area contributed by atoms with E-state index in [1.165, 1.54) is 30.5 Å². The molecule has 21 heavy (non-hydrogen) atoms. The molecule has 1 unspecified atom stereocenters. The Hall–Kier alpha value is -1.19. The fourth-order valence-corrected chi connectivity index (χ4v) is 3.79. The number of aromatic nitrogens is 1. The maximum atomic E-state index is 4.69. The van der Waals surface area contributed by atoms with Crippen molar-refractivity contribution < 1.29 is 0 Å². The van der Waals surface area contributed by atoms with Gasteiger partial charge in [-0.3, -0.25) is 0 Å². The maximum Gasteiger partial charge on any atom is 0.0898 e. The third kappa shape index (κ3) is 3.53. The number of nitrogens with zero attached hydrogens (tertiary/aromatic N) is 1. The van der Waals surface area contributed by atoms with Crippen LogP contribution in [-0.2, 0) is 19.3 Å². The molecule has 2 nitrogen and oxygen atoms in total. The smallest absolute Gasteiger partial charge is 0.0898 e. The summed E-state index contributed by atoms with van der Waals surface area (Å²) in [6, 6.07) is 7.40. The second kappa shape index (κ2) is 6.71. The first-order valence-corrected chi connectivity index (χ1v) is 8.90. The van der Waals surface area contributed by atoms with Crippen LogP contribution in [0.5, 0.6) is 0 Å². The summed E-state index contributed by atoms with van der Waals surface area (Å²) in [5.41, 5.74) is 5.76. The third-order valence-corrected chi connectivity index (χ3v) is 5.03. The standard InChI is InChI=1S/C18H24N2S/c1-3-9-19-17(18-12-21-13(2)20-18)11-14-7-8-15-5-4-6-16(15)10-14/h7-8,10,12,17,19H,3-6,9,11H2,1-2H3. The summed E-state index contributed by atoms with van der Waals surface area (Å²) in [5.74, 6) is 0. The van der Waals surface area contributed by atoms with Gasteiger partial charge in [-0.25, -0.2) is 4.98 Å². The Morgan fingerprint density at radius 2 is 2.14 bits per heavy atom. The number of fused-ring (bicyclic) bond motifs is 1. The van der Waals surface area contributed by atoms with E-state index in [0.29, 0.717) is 6.04 Å². The van der Waals surface area contributed by atoms with Gasteiger partial charge in [-0.1, -0.05) is 25.1 Å². The molecule has 1 aliphatic carbocycles. The molecular weight excluding hydrogens is 276 g/mol. The van der Waals surface area contributed by atoms with Crippen LogP contribution < -0.4 is 5.32 Å². The molecule has 0 spiro atoms. The van der Waals surface area contributed by atoms with Gasteiger partial charge in [-0.05, 0) is 62.3 Å². The predicted octanol–water partition coefficient (Wildman–Crippen LogP) is 4.22. The first kappa shape index (κ1) is 14.7. The highest BCUT2D eigenvalue weighted by Crippen LogP contribution is 2.26. The Morgan fingerprint density at radius 1 is 1.29 bits per heavy atom. The second-order valence-corrected chi connectivity index (χ2v) is 7.02. The van der Waals surface area contributed by atoms with Crippen LogP contribution in [-0.4, -0.2) is 11.5 Å². The Bertz CT molecular complexity index is 603. The van der Waals surface area contributed by atoms with Crippen molar-refractivity contribution in [3.63, 3.8) is 0 Å². The Kier molecular flexibility index (Phi) is 4.71. The highest BCUT2D eigenvalue weighted by atomic mass is 32.1. The first-order valence-electron chi connectivity index (χ1n) is 8.02. The first-order chi connectivity index (χ1) is 10.3. The van der Waals surface area contributed by atoms with Gasteiger partial charge in [-0.2, -0.15) is 0 Å². The number of nitrogens with one attached hydrogen (secondary N) is 1. The number of benzene rings is 1. The molecule has 2 aromatic rings. The van der Waals surface area contributed by atoms with E-state index in [4.69, 9.17) is 0 Å². The number of thiazole rings is 1. The van der Waals surface area contributed by atoms with E-state index in [2.05, 4.69) is 47.7 Å². The summed E-state index contributed by atoms with van der Waals surface area (Å²) in [4.78, 5) is 4.69. The van der Waals surface area contributed by atoms with Crippen molar-refractivity contribution in [2.75, 3.05) is 6.54 Å². The molecule has 0 aliphatic heterocycles. The van der Waals surface area contributed by atoms with Crippen LogP contribution in [0.3, 0.4) is 0 Å². The zero-order chi connectivity index (χ0) is 14.7. The highest BCUT2D eigenvalue weighted by Gasteiger charge is 2.16. The molecular formula is C18H24N2S. The van der Waals surface area contributed by atoms with Crippen molar-refractivity contribution in [3.8, 4) is 0 Å². The van der Waals surface area contributed by atoms with Gasteiger partial charge in [0.1, 0.15) is 0 Å². The van der Waals surface area contributed by atoms with E-state index in [1.54, 1.807) is 22.5 Å². The second-order valence-electron chi connectivity index (χ2n) is 5.96. The summed E-state index contributed by atoms with van der Waals surface area (Å²) in [6.07, 6.45) is 6.03. The molecule has 3 rings (SSSR count). The lowest BCUT2D eigenvalue weighted by Gasteiger charge is -2.17. The lowest BCUT2D eigenvalue weighted by molar-refractivity contribution is 0.519. The van der Waals surface area contributed by atoms with E-state index in [1.807, 2.05) is 0 Å². The van der Waals surface area contributed by atoms with E-state index < -0.39 is 0 Å². The quantitative estimate of drug-likeness (QED) is 0.864. The summed E-state index contributed by atoms with van der Waals surface area (Å²) in [5, 5.41) is 7.02. The minimum absolute atomic E-state index is 0.342. The lowest BCUT2D eigenvalue weighted by Crippen LogP contribution is -2.24. The molecule has 0 saturated carbocycles. The van der Waals surface area contributed by atoms with Gasteiger partial charge in [0, 0.05) is 5.38 Å². The van der Waals surface area contributed by atoms with Crippen molar-refractivity contribution in [1.29, 1.82) is 0 Å². The van der Waals surface area contributed by atoms with Gasteiger partial charge in [-0.15, -0.1) is 11.3 Å². The fraction of sp³-hybridized carbons (Fsp3) is 0.500. The normalized spacial score (nSPS) is 15.1. The number of aryl methyl sites for hydroxylation is 3. The number of rotatable bonds is 6. The third-order valence-electron chi connectivity index (χ3n) is 4.24. The van der Waals surface area contributed by atoms with E-state index >= 15 is 0 Å². The topological polar surface area (TPSA) is 24.9 Å². The summed E-state index contributed by atoms with van der Waals surface area (Å²) in [6.45, 7) is 5.35. The monoisotopic (exact) mass is 300 g/mol. The van der Waals surface area contributed by atoms with Gasteiger partial charge in [0.2, 0.25) is 0 Å². The van der Waals surface area contributed by atoms with Gasteiger partial charge >= 0.3 is 0 Å². The van der Waals surface area contributed by atoms with E-state index in [0.717, 1.165) is 24.4 Å². The molecule has 112 valence electrons. The Balaban J connectivity index is 1.77. The largest absolute Gasteiger partial charge is 0.308 e. The SMILES string of the molecule is CCCNC(Cc1ccc2c(c1)CCC2)c1csc(C)n1. The number of hydrogen-bond acceptors (Lipinski definition) is 3. The molecule has 1 aromatic heterocycles. The van der Waals surface area contributed by atoms with Crippen molar-refractivity contribution in [2.45, 2.75) is 52.0 Å². The Labute approximate surface area is 131 Å². The van der Waals surface area contributed by atoms with Gasteiger partial charge in [0.05, 0.1) is 16.7 Å². The van der Waals surface area contributed by atoms with Crippen molar-refractivity contribution >= 4 is 11.3 Å². The lowest BCUT2D eigenvalue weighted by atomic mass is 9.99. The van der Waals surface area contributed by atoms with Gasteiger partial charge in [0.15, 0.2) is 0 Å². The fourth-order valence-electron chi connectivity index (χ4n) is 3.13. The summed E-state index contributed by atoms with van der Waals surface area (Å²) >= 11 is 1.75. The van der Waals surface area contributed by atoms with Crippen LogP contribution in [0.1, 0.15) is 53.2 Å². The van der Waals surface area contributed by atoms with Crippen molar-refractivity contribution in [1.82, 2.24) is 10.3 Å². The molecule has 1 aliphatic rings. The van der Waals surface area contributed by atoms with Crippen LogP contribution in [0.25, 0.3) is 0 Å². The Morgan fingerprint density at radius 3 is 2.90 bits per heavy atom. The molecule has 0 amide bonds. The minimum atomic E-state index is 0.342. The molecule has 1 atom stereocenters. The highest BCUT2D eigenvalue weighted by molar-refractivity contribution is 7.09. The predicted molar refractivity (Wildman–Crippen MR) is 90.1 cm³/mol. The maximum absolute atomic E-state index is 4.69. The molecule has 0 radical (unpaired) electrons. The van der Waals surface area contributed by atoms with Gasteiger partial charge in [0.25, 0.3) is 0 Å². The van der Waals surface area contributed by atoms with Crippen molar-refractivity contribution in [3.05, 3.63) is 51.0 Å². The number of hydrogen-bond donors (Lipinski definition) is 1. The zero-order valence-electron chi connectivity index (χ0n) is 13.0. The van der Waals surface area contributed by atoms with E-state index in [-0.39, 0.29) is 0 Å². The van der Waals surface area contributed by atoms with Crippen LogP contribution in [0.2, 0.25) is 0 Å². The molecule has 0 saturated heterocycles. The molecule has 3 heteroatoms. The minimum Gasteiger partial charge on any atom is -0.308 e. The summed E-state index contributed by atoms with van der Waals surface area (Å²) < 4.78 is 0. The molecule has 1 heterocycles. The van der Waals surface area contributed by atoms with E-state index in [9.17, 15) is 0 Å². The van der Waals surface area contributed by atoms with Gasteiger partial charge < -0.3 is 5.32 Å². The molecule has 0 fully saturated rings. The van der Waals surface area contributed by atoms with Crippen LogP contribution in [0.4, 0.5) is 0 Å². The average Bonchev–Trinajstić information content (AvgIpc) is 3.11. The molecule has 1 aromatic carbocycles. The molecule has 0 bridgehead atoms. The summed E-state index contributed by atoms with van der Waals surface area (Å²) in [7, 11) is 0. The zero-order valence-corrected chi connectivity index (χ0v) is 13.8. The van der Waals surface area contributed by atoms with Crippen LogP contribution in [0, 0.1) is 6.92 Å².